The Labute approximate surface area is 756 Å². The van der Waals surface area contributed by atoms with Gasteiger partial charge in [-0.3, -0.25) is 53.3 Å². The van der Waals surface area contributed by atoms with Gasteiger partial charge in [0.25, 0.3) is 5.69 Å². The number of carbonyl (C=O) groups excluding carboxylic acids is 12. The van der Waals surface area contributed by atoms with E-state index in [4.69, 9.17) is 14.2 Å². The van der Waals surface area contributed by atoms with E-state index in [0.717, 1.165) is 60.1 Å². The molecule has 1 aliphatic carbocycles. The molecule has 10 atom stereocenters. The first-order chi connectivity index (χ1) is 61.8. The maximum Gasteiger partial charge on any atom is 0.407 e. The maximum atomic E-state index is 16.0. The number of rotatable bonds is 39. The fraction of sp³-hybridized carbons (Fsp3) is 0.459. The molecule has 32 heteroatoms. The predicted octanol–water partition coefficient (Wildman–Crippen LogP) is 10.9. The molecule has 0 aromatic heterocycles. The van der Waals surface area contributed by atoms with Gasteiger partial charge in [0, 0.05) is 63.5 Å². The molecule has 12 amide bonds. The van der Waals surface area contributed by atoms with Crippen molar-refractivity contribution in [1.29, 1.82) is 0 Å². The number of amides is 12. The maximum absolute atomic E-state index is 16.0. The lowest BCUT2D eigenvalue weighted by molar-refractivity contribution is -0.384. The standard InChI is InChI=1S/C98H121N13O19/c1-56(2)51-74(103-84(112)72(33-21-47-99-94(123)129-97(7,8)9)101-89(117)82(57(3)4)107-87(115)78-35-23-49-109(78)91(119)75(52-59-25-14-13-15-26-59)106-96(125)128-55-71-69-31-18-16-29-67(69)68-30-17-19-32-70(68)71)86(114)104-76(54-64-42-41-63-40-39-61-27-20-28-62-43-46-66(64)81(63)80(61)62)92(120)110-50-24-36-79(110)88(116)108-83(58(5)6)90(118)102-73(34-22-48-100-95(124)130-98(10,11)12)85(113)105-77(93(121)122)53-60-37-44-65(45-38-60)111(126)127/h13-20,25-32,37-46,56-58,71-79,82-83H,21-24,33-36,47-55H2,1-12H3,(H,99,123)(H,100,124)(H,101,117)(H,102,118)(H,103,112)(H,104,114)(H,105,113)(H,106,125)(H,107,115)(H,108,116)(H,121,122)/t72-,73-,74-,75+,76+,77-,78-,79-,82-,83-/m0/s1. The largest absolute Gasteiger partial charge is 0.480 e. The molecule has 2 fully saturated rings. The highest BCUT2D eigenvalue weighted by atomic mass is 16.6. The summed E-state index contributed by atoms with van der Waals surface area (Å²) in [5.74, 6) is -10.3. The Balaban J connectivity index is 0.826. The Bertz CT molecular complexity index is 5380. The Morgan fingerprint density at radius 1 is 0.454 bits per heavy atom. The van der Waals surface area contributed by atoms with Crippen molar-refractivity contribution in [2.45, 2.75) is 238 Å². The Morgan fingerprint density at radius 2 is 0.885 bits per heavy atom. The second kappa shape index (κ2) is 43.7. The van der Waals surface area contributed by atoms with E-state index in [2.05, 4.69) is 53.2 Å². The number of nitrogens with zero attached hydrogens (tertiary/aromatic N) is 3. The number of non-ortho nitro benzene ring substituents is 1. The smallest absolute Gasteiger partial charge is 0.407 e. The number of nitro benzene ring substituents is 1. The van der Waals surface area contributed by atoms with Crippen LogP contribution in [0.25, 0.3) is 43.4 Å². The van der Waals surface area contributed by atoms with Gasteiger partial charge in [-0.2, -0.15) is 0 Å². The van der Waals surface area contributed by atoms with Crippen LogP contribution in [0, 0.1) is 27.9 Å². The van der Waals surface area contributed by atoms with Gasteiger partial charge < -0.3 is 82.3 Å². The van der Waals surface area contributed by atoms with Crippen molar-refractivity contribution in [3.8, 4) is 11.1 Å². The van der Waals surface area contributed by atoms with Crippen LogP contribution >= 0.6 is 0 Å². The van der Waals surface area contributed by atoms with Gasteiger partial charge in [-0.15, -0.1) is 0 Å². The number of fused-ring (bicyclic) bond motifs is 3. The molecule has 8 aromatic rings. The molecule has 3 aliphatic rings. The van der Waals surface area contributed by atoms with Gasteiger partial charge in [0.05, 0.1) is 4.92 Å². The summed E-state index contributed by atoms with van der Waals surface area (Å²) in [5.41, 5.74) is 3.82. The lowest BCUT2D eigenvalue weighted by atomic mass is 9.90. The quantitative estimate of drug-likeness (QED) is 0.00560. The number of aliphatic carboxylic acids is 1. The van der Waals surface area contributed by atoms with E-state index in [9.17, 15) is 48.8 Å². The number of nitrogens with one attached hydrogen (secondary N) is 10. The summed E-state index contributed by atoms with van der Waals surface area (Å²) in [5, 5.41) is 55.0. The molecule has 130 heavy (non-hydrogen) atoms. The lowest BCUT2D eigenvalue weighted by Gasteiger charge is -2.32. The van der Waals surface area contributed by atoms with Crippen molar-refractivity contribution in [3.05, 3.63) is 196 Å². The monoisotopic (exact) mass is 1780 g/mol. The number of hydrogen-bond acceptors (Lipinski definition) is 18. The Kier molecular flexibility index (Phi) is 32.7. The van der Waals surface area contributed by atoms with E-state index in [1.807, 2.05) is 147 Å². The number of alkyl carbamates (subject to hydrolysis) is 3. The number of ether oxygens (including phenoxy) is 3. The molecule has 32 nitrogen and oxygen atoms in total. The van der Waals surface area contributed by atoms with Gasteiger partial charge >= 0.3 is 24.2 Å². The minimum Gasteiger partial charge on any atom is -0.480 e. The SMILES string of the molecule is CC(C)C[C@H](NC(=O)[C@H](CCCNC(=O)OC(C)(C)C)NC(=O)[C@@H](NC(=O)[C@@H]1CCCN1C(=O)[C@@H](Cc1ccccc1)NC(=O)OCC1c2ccccc2-c2ccccc21)C(C)C)C(=O)N[C@H](Cc1ccc2ccc3cccc4ccc1c2c34)C(=O)N1CCC[C@H]1C(=O)N[C@H](C(=O)N[C@@H](CCCNC(=O)OC(C)(C)C)C(=O)N[C@@H](Cc1ccc([N+](=O)[O-])cc1)C(=O)O)C(C)C. The predicted molar refractivity (Wildman–Crippen MR) is 489 cm³/mol. The molecule has 0 saturated carbocycles. The molecule has 0 spiro atoms. The average molecular weight is 1790 g/mol. The number of carbonyl (C=O) groups is 13. The third-order valence-corrected chi connectivity index (χ3v) is 23.5. The highest BCUT2D eigenvalue weighted by molar-refractivity contribution is 6.23. The van der Waals surface area contributed by atoms with Crippen molar-refractivity contribution in [2.24, 2.45) is 17.8 Å². The number of benzene rings is 8. The number of nitro groups is 1. The van der Waals surface area contributed by atoms with E-state index in [0.29, 0.717) is 24.0 Å². The molecule has 0 unspecified atom stereocenters. The van der Waals surface area contributed by atoms with Crippen LogP contribution in [0.4, 0.5) is 20.1 Å². The summed E-state index contributed by atoms with van der Waals surface area (Å²) < 4.78 is 16.8. The first-order valence-electron chi connectivity index (χ1n) is 44.7. The van der Waals surface area contributed by atoms with Crippen LogP contribution in [0.2, 0.25) is 0 Å². The van der Waals surface area contributed by atoms with Crippen LogP contribution < -0.4 is 53.2 Å². The third-order valence-electron chi connectivity index (χ3n) is 23.5. The van der Waals surface area contributed by atoms with Gasteiger partial charge in [0.1, 0.15) is 78.2 Å². The van der Waals surface area contributed by atoms with Crippen molar-refractivity contribution in [1.82, 2.24) is 63.0 Å². The van der Waals surface area contributed by atoms with Gasteiger partial charge in [-0.05, 0) is 188 Å². The second-order valence-corrected chi connectivity index (χ2v) is 36.9. The number of carboxylic acids is 1. The first-order valence-corrected chi connectivity index (χ1v) is 44.7. The summed E-state index contributed by atoms with van der Waals surface area (Å²) in [6.07, 6.45) is -1.99. The lowest BCUT2D eigenvalue weighted by Crippen LogP contribution is -2.61. The molecule has 692 valence electrons. The molecule has 0 bridgehead atoms. The van der Waals surface area contributed by atoms with Crippen LogP contribution in [-0.2, 0) is 81.4 Å². The zero-order chi connectivity index (χ0) is 94.0. The fourth-order valence-corrected chi connectivity index (χ4v) is 17.2. The summed E-state index contributed by atoms with van der Waals surface area (Å²) in [6, 6.07) is 34.0. The summed E-state index contributed by atoms with van der Waals surface area (Å²) in [6.45, 7) is 20.4. The molecule has 0 radical (unpaired) electrons. The van der Waals surface area contributed by atoms with Gasteiger partial charge in [-0.1, -0.05) is 187 Å². The van der Waals surface area contributed by atoms with E-state index in [-0.39, 0.29) is 115 Å². The zero-order valence-electron chi connectivity index (χ0n) is 75.8. The molecular weight excluding hydrogens is 1660 g/mol. The van der Waals surface area contributed by atoms with E-state index >= 15 is 28.8 Å². The van der Waals surface area contributed by atoms with Crippen molar-refractivity contribution < 1.29 is 86.6 Å². The van der Waals surface area contributed by atoms with Crippen LogP contribution in [-0.4, -0.2) is 202 Å². The van der Waals surface area contributed by atoms with Crippen LogP contribution in [0.5, 0.6) is 0 Å². The van der Waals surface area contributed by atoms with Crippen LogP contribution in [0.15, 0.2) is 158 Å². The summed E-state index contributed by atoms with van der Waals surface area (Å²) in [4.78, 5) is 202. The minimum atomic E-state index is -1.60. The van der Waals surface area contributed by atoms with Gasteiger partial charge in [0.2, 0.25) is 53.2 Å². The third kappa shape index (κ3) is 25.6. The van der Waals surface area contributed by atoms with Crippen LogP contribution in [0.3, 0.4) is 0 Å². The highest BCUT2D eigenvalue weighted by Crippen LogP contribution is 2.45. The summed E-state index contributed by atoms with van der Waals surface area (Å²) in [7, 11) is 0. The normalized spacial score (nSPS) is 16.2. The first kappa shape index (κ1) is 97.3. The number of carboxylic acid groups (broad SMARTS) is 1. The average Bonchev–Trinajstić information content (AvgIpc) is 0.902. The van der Waals surface area contributed by atoms with E-state index < -0.39 is 166 Å². The van der Waals surface area contributed by atoms with E-state index in [1.165, 1.54) is 34.1 Å². The summed E-state index contributed by atoms with van der Waals surface area (Å²) >= 11 is 0. The minimum absolute atomic E-state index is 0.00804. The molecule has 11 rings (SSSR count). The second-order valence-electron chi connectivity index (χ2n) is 36.9. The topological polar surface area (TPSA) is 440 Å². The highest BCUT2D eigenvalue weighted by Gasteiger charge is 2.44. The Morgan fingerprint density at radius 3 is 1.37 bits per heavy atom. The van der Waals surface area contributed by atoms with Crippen molar-refractivity contribution in [3.63, 3.8) is 0 Å². The van der Waals surface area contributed by atoms with E-state index in [1.54, 1.807) is 69.2 Å². The fourth-order valence-electron chi connectivity index (χ4n) is 17.2. The molecule has 2 aliphatic heterocycles. The molecule has 2 saturated heterocycles. The van der Waals surface area contributed by atoms with Crippen molar-refractivity contribution >= 4 is 115 Å². The van der Waals surface area contributed by atoms with Crippen molar-refractivity contribution in [2.75, 3.05) is 32.8 Å². The Hall–Kier alpha value is -13.3. The van der Waals surface area contributed by atoms with Gasteiger partial charge in [-0.25, -0.2) is 19.2 Å². The van der Waals surface area contributed by atoms with Crippen LogP contribution in [0.1, 0.15) is 175 Å². The zero-order valence-corrected chi connectivity index (χ0v) is 75.8. The number of likely N-dealkylation sites (tertiary alicyclic amines) is 2. The van der Waals surface area contributed by atoms with Gasteiger partial charge in [0.15, 0.2) is 0 Å². The molecule has 2 heterocycles. The molecule has 8 aromatic carbocycles. The molecule has 11 N–H and O–H groups in total. The number of hydrogen-bond donors (Lipinski definition) is 11. The molecular formula is C98H121N13O19.